The van der Waals surface area contributed by atoms with Gasteiger partial charge in [-0.3, -0.25) is 4.79 Å². The number of nitrogens with zero attached hydrogens (tertiary/aromatic N) is 2. The van der Waals surface area contributed by atoms with Crippen LogP contribution in [0.5, 0.6) is 5.75 Å². The first kappa shape index (κ1) is 24.7. The molecule has 0 atom stereocenters. The number of hydrogen-bond donors (Lipinski definition) is 1. The first-order valence-corrected chi connectivity index (χ1v) is 11.4. The second kappa shape index (κ2) is 10.9. The third-order valence-electron chi connectivity index (χ3n) is 5.56. The maximum Gasteiger partial charge on any atom is 0.338 e. The van der Waals surface area contributed by atoms with E-state index in [0.717, 1.165) is 22.5 Å². The van der Waals surface area contributed by atoms with Crippen molar-refractivity contribution in [2.24, 2.45) is 0 Å². The van der Waals surface area contributed by atoms with E-state index < -0.39 is 18.5 Å². The lowest BCUT2D eigenvalue weighted by Gasteiger charge is -2.10. The topological polar surface area (TPSA) is 82.5 Å². The summed E-state index contributed by atoms with van der Waals surface area (Å²) >= 11 is 0. The van der Waals surface area contributed by atoms with Gasteiger partial charge in [0.05, 0.1) is 28.3 Å². The molecule has 0 unspecified atom stereocenters. The van der Waals surface area contributed by atoms with E-state index in [0.29, 0.717) is 17.1 Å². The Bertz CT molecular complexity index is 1380. The lowest BCUT2D eigenvalue weighted by molar-refractivity contribution is -0.119. The summed E-state index contributed by atoms with van der Waals surface area (Å²) < 4.78 is 25.7. The predicted octanol–water partition coefficient (Wildman–Crippen LogP) is 5.31. The van der Waals surface area contributed by atoms with Crippen LogP contribution in [0.1, 0.15) is 32.9 Å². The van der Waals surface area contributed by atoms with Crippen molar-refractivity contribution in [2.75, 3.05) is 11.9 Å². The molecule has 7 nitrogen and oxygen atoms in total. The molecule has 1 aromatic heterocycles. The van der Waals surface area contributed by atoms with Gasteiger partial charge in [0.2, 0.25) is 0 Å². The van der Waals surface area contributed by atoms with Crippen molar-refractivity contribution in [3.63, 3.8) is 0 Å². The Hall–Kier alpha value is -4.46. The van der Waals surface area contributed by atoms with Crippen LogP contribution in [-0.2, 0) is 16.1 Å². The molecule has 0 fully saturated rings. The third-order valence-corrected chi connectivity index (χ3v) is 5.56. The van der Waals surface area contributed by atoms with Crippen molar-refractivity contribution in [3.8, 4) is 11.4 Å². The van der Waals surface area contributed by atoms with Gasteiger partial charge in [0, 0.05) is 0 Å². The molecule has 0 bridgehead atoms. The second-order valence-electron chi connectivity index (χ2n) is 8.36. The summed E-state index contributed by atoms with van der Waals surface area (Å²) in [5.41, 5.74) is 5.06. The Balaban J connectivity index is 1.34. The SMILES string of the molecule is Cc1ccc(-n2nc(C)c(NC(=O)COC(=O)c3cccc(OCc4ccc(F)cc4)c3)c2C)cc1. The minimum Gasteiger partial charge on any atom is -0.489 e. The first-order chi connectivity index (χ1) is 17.3. The number of carbonyl (C=O) groups excluding carboxylic acids is 2. The van der Waals surface area contributed by atoms with Gasteiger partial charge in [-0.15, -0.1) is 0 Å². The molecule has 0 aliphatic heterocycles. The highest BCUT2D eigenvalue weighted by molar-refractivity contribution is 5.96. The third kappa shape index (κ3) is 5.96. The lowest BCUT2D eigenvalue weighted by atomic mass is 10.2. The molecule has 1 amide bonds. The Morgan fingerprint density at radius 3 is 2.42 bits per heavy atom. The quantitative estimate of drug-likeness (QED) is 0.341. The van der Waals surface area contributed by atoms with E-state index >= 15 is 0 Å². The highest BCUT2D eigenvalue weighted by Gasteiger charge is 2.17. The average Bonchev–Trinajstić information content (AvgIpc) is 3.16. The number of esters is 1. The summed E-state index contributed by atoms with van der Waals surface area (Å²) in [6, 6.07) is 20.3. The summed E-state index contributed by atoms with van der Waals surface area (Å²) in [6.07, 6.45) is 0. The van der Waals surface area contributed by atoms with Crippen molar-refractivity contribution in [2.45, 2.75) is 27.4 Å². The standard InChI is InChI=1S/C28H26FN3O4/c1-18-7-13-24(14-8-18)32-20(3)27(19(2)31-32)30-26(33)17-36-28(34)22-5-4-6-25(15-22)35-16-21-9-11-23(29)12-10-21/h4-15H,16-17H2,1-3H3,(H,30,33). The zero-order chi connectivity index (χ0) is 25.7. The molecule has 0 radical (unpaired) electrons. The number of nitrogens with one attached hydrogen (secondary N) is 1. The molecule has 3 aromatic carbocycles. The molecule has 8 heteroatoms. The molecule has 0 saturated heterocycles. The molecule has 1 heterocycles. The highest BCUT2D eigenvalue weighted by atomic mass is 19.1. The van der Waals surface area contributed by atoms with Gasteiger partial charge in [-0.25, -0.2) is 13.9 Å². The molecule has 36 heavy (non-hydrogen) atoms. The van der Waals surface area contributed by atoms with E-state index in [1.165, 1.54) is 18.2 Å². The molecule has 184 valence electrons. The largest absolute Gasteiger partial charge is 0.489 e. The zero-order valence-electron chi connectivity index (χ0n) is 20.2. The van der Waals surface area contributed by atoms with E-state index in [4.69, 9.17) is 9.47 Å². The monoisotopic (exact) mass is 487 g/mol. The van der Waals surface area contributed by atoms with Crippen molar-refractivity contribution in [3.05, 3.63) is 107 Å². The Kier molecular flexibility index (Phi) is 7.44. The van der Waals surface area contributed by atoms with E-state index in [-0.39, 0.29) is 18.0 Å². The average molecular weight is 488 g/mol. The Labute approximate surface area is 208 Å². The van der Waals surface area contributed by atoms with E-state index in [1.54, 1.807) is 41.9 Å². The van der Waals surface area contributed by atoms with Gasteiger partial charge < -0.3 is 14.8 Å². The van der Waals surface area contributed by atoms with Crippen LogP contribution in [0.3, 0.4) is 0 Å². The van der Waals surface area contributed by atoms with Crippen molar-refractivity contribution < 1.29 is 23.5 Å². The van der Waals surface area contributed by atoms with Crippen molar-refractivity contribution in [1.82, 2.24) is 9.78 Å². The van der Waals surface area contributed by atoms with Crippen LogP contribution >= 0.6 is 0 Å². The van der Waals surface area contributed by atoms with Gasteiger partial charge in [0.15, 0.2) is 6.61 Å². The van der Waals surface area contributed by atoms with Crippen LogP contribution in [0.25, 0.3) is 5.69 Å². The molecule has 0 aliphatic carbocycles. The molecular weight excluding hydrogens is 461 g/mol. The minimum atomic E-state index is -0.652. The number of rotatable bonds is 8. The van der Waals surface area contributed by atoms with E-state index in [1.807, 2.05) is 38.1 Å². The van der Waals surface area contributed by atoms with Gasteiger partial charge >= 0.3 is 5.97 Å². The van der Waals surface area contributed by atoms with Crippen molar-refractivity contribution >= 4 is 17.6 Å². The Morgan fingerprint density at radius 1 is 0.972 bits per heavy atom. The van der Waals surface area contributed by atoms with Crippen LogP contribution in [0.2, 0.25) is 0 Å². The van der Waals surface area contributed by atoms with Gasteiger partial charge in [-0.05, 0) is 68.8 Å². The second-order valence-corrected chi connectivity index (χ2v) is 8.36. The van der Waals surface area contributed by atoms with Crippen LogP contribution in [0, 0.1) is 26.6 Å². The molecule has 0 spiro atoms. The number of aromatic nitrogens is 2. The summed E-state index contributed by atoms with van der Waals surface area (Å²) in [5, 5.41) is 7.31. The number of halogens is 1. The number of ether oxygens (including phenoxy) is 2. The van der Waals surface area contributed by atoms with E-state index in [9.17, 15) is 14.0 Å². The summed E-state index contributed by atoms with van der Waals surface area (Å²) in [5.74, 6) is -0.992. The molecule has 4 rings (SSSR count). The molecule has 4 aromatic rings. The number of hydrogen-bond acceptors (Lipinski definition) is 5. The van der Waals surface area contributed by atoms with E-state index in [2.05, 4.69) is 10.4 Å². The summed E-state index contributed by atoms with van der Waals surface area (Å²) in [7, 11) is 0. The van der Waals surface area contributed by atoms with Gasteiger partial charge in [-0.2, -0.15) is 5.10 Å². The number of anilines is 1. The molecule has 1 N–H and O–H groups in total. The van der Waals surface area contributed by atoms with Gasteiger partial charge in [0.25, 0.3) is 5.91 Å². The number of amides is 1. The number of carbonyl (C=O) groups is 2. The van der Waals surface area contributed by atoms with Crippen LogP contribution < -0.4 is 10.1 Å². The fourth-order valence-corrected chi connectivity index (χ4v) is 3.61. The maximum absolute atomic E-state index is 13.0. The highest BCUT2D eigenvalue weighted by Crippen LogP contribution is 2.23. The fourth-order valence-electron chi connectivity index (χ4n) is 3.61. The summed E-state index contributed by atoms with van der Waals surface area (Å²) in [4.78, 5) is 25.0. The minimum absolute atomic E-state index is 0.218. The lowest BCUT2D eigenvalue weighted by Crippen LogP contribution is -2.21. The maximum atomic E-state index is 13.0. The van der Waals surface area contributed by atoms with Gasteiger partial charge in [0.1, 0.15) is 18.2 Å². The molecule has 0 aliphatic rings. The molecular formula is C28H26FN3O4. The fraction of sp³-hybridized carbons (Fsp3) is 0.179. The predicted molar refractivity (Wildman–Crippen MR) is 134 cm³/mol. The van der Waals surface area contributed by atoms with Crippen LogP contribution in [0.4, 0.5) is 10.1 Å². The van der Waals surface area contributed by atoms with Crippen LogP contribution in [-0.4, -0.2) is 28.3 Å². The Morgan fingerprint density at radius 2 is 1.69 bits per heavy atom. The zero-order valence-corrected chi connectivity index (χ0v) is 20.2. The van der Waals surface area contributed by atoms with Crippen LogP contribution in [0.15, 0.2) is 72.8 Å². The van der Waals surface area contributed by atoms with Crippen molar-refractivity contribution in [1.29, 1.82) is 0 Å². The normalized spacial score (nSPS) is 10.7. The first-order valence-electron chi connectivity index (χ1n) is 11.4. The summed E-state index contributed by atoms with van der Waals surface area (Å²) in [6.45, 7) is 5.44. The smallest absolute Gasteiger partial charge is 0.338 e. The van der Waals surface area contributed by atoms with Gasteiger partial charge in [-0.1, -0.05) is 35.9 Å². The number of benzene rings is 3. The number of aryl methyl sites for hydroxylation is 2. The molecule has 0 saturated carbocycles.